The molecule has 1 aromatic carbocycles. The van der Waals surface area contributed by atoms with Crippen LogP contribution in [0.15, 0.2) is 12.1 Å². The van der Waals surface area contributed by atoms with Crippen molar-refractivity contribution in [1.82, 2.24) is 0 Å². The number of nitrogens with two attached hydrogens (primary N) is 1. The van der Waals surface area contributed by atoms with Crippen LogP contribution in [0.25, 0.3) is 0 Å². The number of benzene rings is 1. The summed E-state index contributed by atoms with van der Waals surface area (Å²) in [5, 5.41) is 0. The number of unbranched alkanes of at least 4 members (excludes halogenated alkanes) is 1. The Morgan fingerprint density at radius 2 is 1.84 bits per heavy atom. The van der Waals surface area contributed by atoms with Gasteiger partial charge in [-0.1, -0.05) is 26.8 Å². The SMILES string of the molecule is CC(C)(C)c1cc(CCCCN)c2c(c1)OCCO2. The smallest absolute Gasteiger partial charge is 0.164 e. The van der Waals surface area contributed by atoms with Crippen molar-refractivity contribution in [2.45, 2.75) is 45.4 Å². The van der Waals surface area contributed by atoms with Gasteiger partial charge in [0, 0.05) is 0 Å². The van der Waals surface area contributed by atoms with Crippen molar-refractivity contribution in [3.8, 4) is 11.5 Å². The molecule has 1 aromatic rings. The summed E-state index contributed by atoms with van der Waals surface area (Å²) < 4.78 is 11.6. The van der Waals surface area contributed by atoms with Crippen molar-refractivity contribution in [2.75, 3.05) is 19.8 Å². The summed E-state index contributed by atoms with van der Waals surface area (Å²) in [6.07, 6.45) is 3.15. The standard InChI is InChI=1S/C16H25NO2/c1-16(2,3)13-10-12(6-4-5-7-17)15-14(11-13)18-8-9-19-15/h10-11H,4-9,17H2,1-3H3. The van der Waals surface area contributed by atoms with E-state index >= 15 is 0 Å². The maximum atomic E-state index is 5.80. The quantitative estimate of drug-likeness (QED) is 0.849. The van der Waals surface area contributed by atoms with E-state index in [-0.39, 0.29) is 5.41 Å². The summed E-state index contributed by atoms with van der Waals surface area (Å²) in [6.45, 7) is 8.71. The Morgan fingerprint density at radius 1 is 1.11 bits per heavy atom. The molecule has 0 aliphatic carbocycles. The van der Waals surface area contributed by atoms with Gasteiger partial charge in [0.15, 0.2) is 11.5 Å². The molecule has 2 N–H and O–H groups in total. The fraction of sp³-hybridized carbons (Fsp3) is 0.625. The summed E-state index contributed by atoms with van der Waals surface area (Å²) in [5.41, 5.74) is 8.26. The van der Waals surface area contributed by atoms with Gasteiger partial charge < -0.3 is 15.2 Å². The van der Waals surface area contributed by atoms with Gasteiger partial charge >= 0.3 is 0 Å². The van der Waals surface area contributed by atoms with Gasteiger partial charge in [-0.2, -0.15) is 0 Å². The van der Waals surface area contributed by atoms with Gasteiger partial charge in [-0.15, -0.1) is 0 Å². The summed E-state index contributed by atoms with van der Waals surface area (Å²) in [6, 6.07) is 4.39. The second-order valence-electron chi connectivity index (χ2n) is 6.16. The zero-order valence-corrected chi connectivity index (χ0v) is 12.3. The number of aryl methyl sites for hydroxylation is 1. The molecule has 0 saturated heterocycles. The van der Waals surface area contributed by atoms with E-state index in [2.05, 4.69) is 32.9 Å². The maximum Gasteiger partial charge on any atom is 0.164 e. The highest BCUT2D eigenvalue weighted by molar-refractivity contribution is 5.51. The van der Waals surface area contributed by atoms with E-state index < -0.39 is 0 Å². The Balaban J connectivity index is 2.32. The minimum atomic E-state index is 0.123. The lowest BCUT2D eigenvalue weighted by molar-refractivity contribution is 0.169. The molecule has 0 unspecified atom stereocenters. The zero-order chi connectivity index (χ0) is 13.9. The van der Waals surface area contributed by atoms with Crippen molar-refractivity contribution >= 4 is 0 Å². The molecule has 19 heavy (non-hydrogen) atoms. The van der Waals surface area contributed by atoms with E-state index in [9.17, 15) is 0 Å². The lowest BCUT2D eigenvalue weighted by Gasteiger charge is -2.26. The van der Waals surface area contributed by atoms with Crippen LogP contribution in [0.1, 0.15) is 44.7 Å². The topological polar surface area (TPSA) is 44.5 Å². The van der Waals surface area contributed by atoms with Crippen LogP contribution in [0.5, 0.6) is 11.5 Å². The highest BCUT2D eigenvalue weighted by Gasteiger charge is 2.22. The van der Waals surface area contributed by atoms with Crippen LogP contribution in [-0.4, -0.2) is 19.8 Å². The van der Waals surface area contributed by atoms with Crippen LogP contribution in [0.4, 0.5) is 0 Å². The number of ether oxygens (including phenoxy) is 2. The lowest BCUT2D eigenvalue weighted by Crippen LogP contribution is -2.19. The van der Waals surface area contributed by atoms with Crippen LogP contribution in [0.2, 0.25) is 0 Å². The van der Waals surface area contributed by atoms with Crippen LogP contribution < -0.4 is 15.2 Å². The van der Waals surface area contributed by atoms with Gasteiger partial charge in [-0.05, 0) is 48.4 Å². The number of fused-ring (bicyclic) bond motifs is 1. The first-order chi connectivity index (χ1) is 9.02. The third-order valence-electron chi connectivity index (χ3n) is 3.49. The van der Waals surface area contributed by atoms with Crippen LogP contribution >= 0.6 is 0 Å². The van der Waals surface area contributed by atoms with E-state index in [1.165, 1.54) is 11.1 Å². The van der Waals surface area contributed by atoms with Gasteiger partial charge in [-0.3, -0.25) is 0 Å². The Bertz CT molecular complexity index is 435. The van der Waals surface area contributed by atoms with E-state index in [0.717, 1.165) is 37.3 Å². The summed E-state index contributed by atoms with van der Waals surface area (Å²) in [5.74, 6) is 1.85. The van der Waals surface area contributed by atoms with Crippen LogP contribution in [0.3, 0.4) is 0 Å². The van der Waals surface area contributed by atoms with E-state index in [1.807, 2.05) is 0 Å². The highest BCUT2D eigenvalue weighted by atomic mass is 16.6. The molecule has 0 fully saturated rings. The molecule has 0 radical (unpaired) electrons. The molecule has 3 heteroatoms. The molecular formula is C16H25NO2. The molecule has 3 nitrogen and oxygen atoms in total. The molecule has 106 valence electrons. The van der Waals surface area contributed by atoms with Crippen LogP contribution in [0, 0.1) is 0 Å². The molecule has 1 aliphatic rings. The predicted molar refractivity (Wildman–Crippen MR) is 78.1 cm³/mol. The summed E-state index contributed by atoms with van der Waals surface area (Å²) in [7, 11) is 0. The van der Waals surface area contributed by atoms with Gasteiger partial charge in [-0.25, -0.2) is 0 Å². The number of rotatable bonds is 4. The van der Waals surface area contributed by atoms with E-state index in [4.69, 9.17) is 15.2 Å². The second-order valence-corrected chi connectivity index (χ2v) is 6.16. The van der Waals surface area contributed by atoms with Gasteiger partial charge in [0.05, 0.1) is 0 Å². The Kier molecular flexibility index (Phi) is 4.35. The average molecular weight is 263 g/mol. The predicted octanol–water partition coefficient (Wildman–Crippen LogP) is 3.04. The first-order valence-corrected chi connectivity index (χ1v) is 7.15. The average Bonchev–Trinajstić information content (AvgIpc) is 2.37. The maximum absolute atomic E-state index is 5.80. The van der Waals surface area contributed by atoms with Gasteiger partial charge in [0.2, 0.25) is 0 Å². The van der Waals surface area contributed by atoms with Gasteiger partial charge in [0.25, 0.3) is 0 Å². The number of hydrogen-bond acceptors (Lipinski definition) is 3. The Hall–Kier alpha value is -1.22. The number of hydrogen-bond donors (Lipinski definition) is 1. The first kappa shape index (κ1) is 14.2. The molecule has 0 amide bonds. The highest BCUT2D eigenvalue weighted by Crippen LogP contribution is 2.39. The fourth-order valence-corrected chi connectivity index (χ4v) is 2.30. The fourth-order valence-electron chi connectivity index (χ4n) is 2.30. The zero-order valence-electron chi connectivity index (χ0n) is 12.3. The Labute approximate surface area is 116 Å². The molecule has 0 aromatic heterocycles. The van der Waals surface area contributed by atoms with Crippen molar-refractivity contribution in [3.63, 3.8) is 0 Å². The minimum Gasteiger partial charge on any atom is -0.486 e. The molecule has 0 atom stereocenters. The molecule has 0 saturated carbocycles. The van der Waals surface area contributed by atoms with Crippen molar-refractivity contribution in [2.24, 2.45) is 5.73 Å². The lowest BCUT2D eigenvalue weighted by atomic mass is 9.85. The molecular weight excluding hydrogens is 238 g/mol. The molecule has 1 heterocycles. The first-order valence-electron chi connectivity index (χ1n) is 7.15. The summed E-state index contributed by atoms with van der Waals surface area (Å²) >= 11 is 0. The molecule has 1 aliphatic heterocycles. The van der Waals surface area contributed by atoms with Gasteiger partial charge in [0.1, 0.15) is 13.2 Å². The minimum absolute atomic E-state index is 0.123. The normalized spacial score (nSPS) is 14.5. The van der Waals surface area contributed by atoms with Crippen molar-refractivity contribution in [1.29, 1.82) is 0 Å². The van der Waals surface area contributed by atoms with E-state index in [0.29, 0.717) is 13.2 Å². The Morgan fingerprint density at radius 3 is 2.53 bits per heavy atom. The molecule has 0 bridgehead atoms. The van der Waals surface area contributed by atoms with Crippen molar-refractivity contribution in [3.05, 3.63) is 23.3 Å². The van der Waals surface area contributed by atoms with Crippen LogP contribution in [-0.2, 0) is 11.8 Å². The summed E-state index contributed by atoms with van der Waals surface area (Å²) in [4.78, 5) is 0. The largest absolute Gasteiger partial charge is 0.486 e. The third-order valence-corrected chi connectivity index (χ3v) is 3.49. The van der Waals surface area contributed by atoms with E-state index in [1.54, 1.807) is 0 Å². The third kappa shape index (κ3) is 3.41. The van der Waals surface area contributed by atoms with Crippen molar-refractivity contribution < 1.29 is 9.47 Å². The molecule has 0 spiro atoms. The second kappa shape index (κ2) is 5.83. The monoisotopic (exact) mass is 263 g/mol. The molecule has 2 rings (SSSR count).